The Morgan fingerprint density at radius 2 is 1.90 bits per heavy atom. The van der Waals surface area contributed by atoms with Crippen molar-refractivity contribution in [3.05, 3.63) is 62.1 Å². The van der Waals surface area contributed by atoms with Gasteiger partial charge in [0.15, 0.2) is 0 Å². The standard InChI is InChI=1S/C15H15BrN2O3/c1-9-7-12(18(19)20)4-6-14(9)21-15-5-3-11(10(2)17)8-13(15)16/h3-8,10H,17H2,1-2H3. The van der Waals surface area contributed by atoms with Crippen LogP contribution in [0.2, 0.25) is 0 Å². The molecule has 1 atom stereocenters. The van der Waals surface area contributed by atoms with E-state index in [-0.39, 0.29) is 11.7 Å². The van der Waals surface area contributed by atoms with E-state index in [1.54, 1.807) is 13.0 Å². The van der Waals surface area contributed by atoms with Gasteiger partial charge >= 0.3 is 0 Å². The Morgan fingerprint density at radius 1 is 1.24 bits per heavy atom. The quantitative estimate of drug-likeness (QED) is 0.651. The number of rotatable bonds is 4. The lowest BCUT2D eigenvalue weighted by Gasteiger charge is -2.12. The van der Waals surface area contributed by atoms with Crippen molar-refractivity contribution in [3.63, 3.8) is 0 Å². The minimum absolute atomic E-state index is 0.0474. The Morgan fingerprint density at radius 3 is 2.43 bits per heavy atom. The molecule has 0 fully saturated rings. The minimum Gasteiger partial charge on any atom is -0.456 e. The molecule has 2 aromatic rings. The number of nitrogens with zero attached hydrogens (tertiary/aromatic N) is 1. The summed E-state index contributed by atoms with van der Waals surface area (Å²) in [7, 11) is 0. The summed E-state index contributed by atoms with van der Waals surface area (Å²) in [5.41, 5.74) is 7.57. The fraction of sp³-hybridized carbons (Fsp3) is 0.200. The van der Waals surface area contributed by atoms with Crippen LogP contribution in [0.4, 0.5) is 5.69 Å². The molecule has 0 spiro atoms. The molecule has 0 heterocycles. The van der Waals surface area contributed by atoms with Crippen LogP contribution in [0.3, 0.4) is 0 Å². The molecule has 0 aromatic heterocycles. The zero-order valence-corrected chi connectivity index (χ0v) is 13.3. The normalized spacial score (nSPS) is 12.0. The number of nitro groups is 1. The van der Waals surface area contributed by atoms with Crippen molar-refractivity contribution < 1.29 is 9.66 Å². The highest BCUT2D eigenvalue weighted by atomic mass is 79.9. The van der Waals surface area contributed by atoms with Gasteiger partial charge in [-0.1, -0.05) is 6.07 Å². The topological polar surface area (TPSA) is 78.4 Å². The molecule has 0 saturated carbocycles. The predicted molar refractivity (Wildman–Crippen MR) is 84.7 cm³/mol. The maximum Gasteiger partial charge on any atom is 0.269 e. The highest BCUT2D eigenvalue weighted by Crippen LogP contribution is 2.34. The van der Waals surface area contributed by atoms with Gasteiger partial charge in [-0.3, -0.25) is 10.1 Å². The molecule has 0 aliphatic carbocycles. The maximum absolute atomic E-state index is 10.7. The fourth-order valence-corrected chi connectivity index (χ4v) is 2.34. The Labute approximate surface area is 131 Å². The Hall–Kier alpha value is -1.92. The van der Waals surface area contributed by atoms with Crippen molar-refractivity contribution in [3.8, 4) is 11.5 Å². The molecule has 0 amide bonds. The second-order valence-corrected chi connectivity index (χ2v) is 5.64. The van der Waals surface area contributed by atoms with Crippen molar-refractivity contribution in [2.24, 2.45) is 5.73 Å². The number of ether oxygens (including phenoxy) is 1. The van der Waals surface area contributed by atoms with Crippen LogP contribution < -0.4 is 10.5 Å². The summed E-state index contributed by atoms with van der Waals surface area (Å²) in [4.78, 5) is 10.3. The van der Waals surface area contributed by atoms with Gasteiger partial charge in [0.2, 0.25) is 0 Å². The average molecular weight is 351 g/mol. The average Bonchev–Trinajstić information content (AvgIpc) is 2.42. The van der Waals surface area contributed by atoms with Crippen molar-refractivity contribution in [2.75, 3.05) is 0 Å². The van der Waals surface area contributed by atoms with Crippen LogP contribution in [0.1, 0.15) is 24.1 Å². The van der Waals surface area contributed by atoms with E-state index in [2.05, 4.69) is 15.9 Å². The number of aryl methyl sites for hydroxylation is 1. The summed E-state index contributed by atoms with van der Waals surface area (Å²) >= 11 is 3.45. The predicted octanol–water partition coefficient (Wildman–Crippen LogP) is 4.48. The third-order valence-corrected chi connectivity index (χ3v) is 3.69. The molecule has 0 saturated heterocycles. The van der Waals surface area contributed by atoms with Crippen molar-refractivity contribution >= 4 is 21.6 Å². The number of benzene rings is 2. The molecule has 2 aromatic carbocycles. The molecule has 6 heteroatoms. The molecular formula is C15H15BrN2O3. The number of hydrogen-bond donors (Lipinski definition) is 1. The van der Waals surface area contributed by atoms with Crippen LogP contribution in [0.5, 0.6) is 11.5 Å². The van der Waals surface area contributed by atoms with Crippen LogP contribution in [-0.4, -0.2) is 4.92 Å². The number of non-ortho nitro benzene ring substituents is 1. The first-order valence-electron chi connectivity index (χ1n) is 6.36. The van der Waals surface area contributed by atoms with E-state index in [1.165, 1.54) is 12.1 Å². The SMILES string of the molecule is Cc1cc([N+](=O)[O-])ccc1Oc1ccc(C(C)N)cc1Br. The molecule has 2 rings (SSSR count). The van der Waals surface area contributed by atoms with E-state index in [0.717, 1.165) is 10.0 Å². The lowest BCUT2D eigenvalue weighted by Crippen LogP contribution is -2.04. The number of hydrogen-bond acceptors (Lipinski definition) is 4. The summed E-state index contributed by atoms with van der Waals surface area (Å²) in [5, 5.41) is 10.7. The molecule has 0 bridgehead atoms. The van der Waals surface area contributed by atoms with Gasteiger partial charge in [0, 0.05) is 18.2 Å². The van der Waals surface area contributed by atoms with Gasteiger partial charge in [0.05, 0.1) is 9.40 Å². The first-order chi connectivity index (χ1) is 9.88. The Balaban J connectivity index is 2.28. The number of nitrogens with two attached hydrogens (primary N) is 1. The molecule has 21 heavy (non-hydrogen) atoms. The fourth-order valence-electron chi connectivity index (χ4n) is 1.86. The van der Waals surface area contributed by atoms with Crippen LogP contribution in [0.25, 0.3) is 0 Å². The first-order valence-corrected chi connectivity index (χ1v) is 7.15. The zero-order chi connectivity index (χ0) is 15.6. The largest absolute Gasteiger partial charge is 0.456 e. The lowest BCUT2D eigenvalue weighted by molar-refractivity contribution is -0.384. The minimum atomic E-state index is -0.426. The van der Waals surface area contributed by atoms with Gasteiger partial charge in [0.1, 0.15) is 11.5 Å². The van der Waals surface area contributed by atoms with Gasteiger partial charge < -0.3 is 10.5 Å². The maximum atomic E-state index is 10.7. The molecule has 0 radical (unpaired) electrons. The van der Waals surface area contributed by atoms with Crippen molar-refractivity contribution in [2.45, 2.75) is 19.9 Å². The van der Waals surface area contributed by atoms with Gasteiger partial charge in [-0.25, -0.2) is 0 Å². The van der Waals surface area contributed by atoms with Gasteiger partial charge in [-0.05, 0) is 59.1 Å². The smallest absolute Gasteiger partial charge is 0.269 e. The van der Waals surface area contributed by atoms with E-state index >= 15 is 0 Å². The molecule has 0 aliphatic rings. The van der Waals surface area contributed by atoms with E-state index in [9.17, 15) is 10.1 Å². The number of nitro benzene ring substituents is 1. The highest BCUT2D eigenvalue weighted by Gasteiger charge is 2.11. The highest BCUT2D eigenvalue weighted by molar-refractivity contribution is 9.10. The summed E-state index contributed by atoms with van der Waals surface area (Å²) in [6.45, 7) is 3.68. The van der Waals surface area contributed by atoms with Crippen molar-refractivity contribution in [1.82, 2.24) is 0 Å². The van der Waals surface area contributed by atoms with Gasteiger partial charge in [-0.2, -0.15) is 0 Å². The Kier molecular flexibility index (Phi) is 4.59. The van der Waals surface area contributed by atoms with E-state index in [0.29, 0.717) is 17.1 Å². The van der Waals surface area contributed by atoms with Gasteiger partial charge in [-0.15, -0.1) is 0 Å². The van der Waals surface area contributed by atoms with Crippen LogP contribution in [0, 0.1) is 17.0 Å². The molecule has 5 nitrogen and oxygen atoms in total. The molecule has 2 N–H and O–H groups in total. The van der Waals surface area contributed by atoms with Crippen LogP contribution in [0.15, 0.2) is 40.9 Å². The van der Waals surface area contributed by atoms with E-state index in [4.69, 9.17) is 10.5 Å². The Bertz CT molecular complexity index is 687. The molecule has 0 aliphatic heterocycles. The third-order valence-electron chi connectivity index (χ3n) is 3.07. The third kappa shape index (κ3) is 3.59. The summed E-state index contributed by atoms with van der Waals surface area (Å²) in [5.74, 6) is 1.21. The second kappa shape index (κ2) is 6.24. The number of halogens is 1. The summed E-state index contributed by atoms with van der Waals surface area (Å²) < 4.78 is 6.59. The molecular weight excluding hydrogens is 336 g/mol. The van der Waals surface area contributed by atoms with Crippen LogP contribution >= 0.6 is 15.9 Å². The van der Waals surface area contributed by atoms with Crippen molar-refractivity contribution in [1.29, 1.82) is 0 Å². The second-order valence-electron chi connectivity index (χ2n) is 4.79. The lowest BCUT2D eigenvalue weighted by atomic mass is 10.1. The summed E-state index contributed by atoms with van der Waals surface area (Å²) in [6.07, 6.45) is 0. The van der Waals surface area contributed by atoms with E-state index < -0.39 is 4.92 Å². The van der Waals surface area contributed by atoms with Gasteiger partial charge in [0.25, 0.3) is 5.69 Å². The molecule has 1 unspecified atom stereocenters. The first kappa shape index (κ1) is 15.5. The molecule has 110 valence electrons. The van der Waals surface area contributed by atoms with Crippen LogP contribution in [-0.2, 0) is 0 Å². The monoisotopic (exact) mass is 350 g/mol. The summed E-state index contributed by atoms with van der Waals surface area (Å²) in [6, 6.07) is 10.1. The zero-order valence-electron chi connectivity index (χ0n) is 11.7. The van der Waals surface area contributed by atoms with E-state index in [1.807, 2.05) is 25.1 Å².